The molecule has 0 aliphatic carbocycles. The molecule has 1 rings (SSSR count). The van der Waals surface area contributed by atoms with E-state index in [0.29, 0.717) is 12.0 Å². The van der Waals surface area contributed by atoms with Crippen molar-refractivity contribution in [2.24, 2.45) is 0 Å². The Bertz CT molecular complexity index is 390. The number of benzene rings is 1. The summed E-state index contributed by atoms with van der Waals surface area (Å²) >= 11 is 0. The van der Waals surface area contributed by atoms with Gasteiger partial charge in [-0.3, -0.25) is 0 Å². The van der Waals surface area contributed by atoms with Crippen molar-refractivity contribution in [1.82, 2.24) is 10.2 Å². The molecule has 2 heteroatoms. The van der Waals surface area contributed by atoms with E-state index in [0.717, 1.165) is 13.0 Å². The van der Waals surface area contributed by atoms with Gasteiger partial charge in [-0.15, -0.1) is 0 Å². The van der Waals surface area contributed by atoms with Crippen molar-refractivity contribution in [3.05, 3.63) is 35.4 Å². The van der Waals surface area contributed by atoms with Gasteiger partial charge in [-0.2, -0.15) is 0 Å². The number of nitrogens with one attached hydrogen (secondary N) is 1. The maximum absolute atomic E-state index is 3.65. The predicted octanol–water partition coefficient (Wildman–Crippen LogP) is 3.67. The molecule has 0 aromatic heterocycles. The van der Waals surface area contributed by atoms with Gasteiger partial charge in [0.2, 0.25) is 0 Å². The fraction of sp³-hybridized carbons (Fsp3) is 0.667. The highest BCUT2D eigenvalue weighted by Gasteiger charge is 2.30. The van der Waals surface area contributed by atoms with Crippen LogP contribution < -0.4 is 5.32 Å². The van der Waals surface area contributed by atoms with Gasteiger partial charge in [0, 0.05) is 11.6 Å². The van der Waals surface area contributed by atoms with Crippen LogP contribution in [0.25, 0.3) is 0 Å². The fourth-order valence-corrected chi connectivity index (χ4v) is 2.40. The molecule has 0 amide bonds. The van der Waals surface area contributed by atoms with Crippen LogP contribution in [0.2, 0.25) is 0 Å². The van der Waals surface area contributed by atoms with Crippen LogP contribution in [-0.2, 0) is 6.42 Å². The first-order valence-electron chi connectivity index (χ1n) is 7.78. The number of nitrogens with zero attached hydrogens (tertiary/aromatic N) is 1. The smallest absolute Gasteiger partial charge is 0.0303 e. The maximum Gasteiger partial charge on any atom is 0.0303 e. The van der Waals surface area contributed by atoms with Crippen molar-refractivity contribution in [3.63, 3.8) is 0 Å². The minimum atomic E-state index is 0.132. The van der Waals surface area contributed by atoms with E-state index in [1.165, 1.54) is 11.1 Å². The van der Waals surface area contributed by atoms with Gasteiger partial charge in [0.05, 0.1) is 0 Å². The molecule has 0 bridgehead atoms. The number of likely N-dealkylation sites (N-methyl/N-ethyl adjacent to an activating group) is 2. The lowest BCUT2D eigenvalue weighted by Crippen LogP contribution is -2.56. The molecule has 0 aliphatic heterocycles. The molecular weight excluding hydrogens is 244 g/mol. The van der Waals surface area contributed by atoms with Gasteiger partial charge in [-0.1, -0.05) is 45.0 Å². The minimum Gasteiger partial charge on any atom is -0.312 e. The molecule has 0 heterocycles. The quantitative estimate of drug-likeness (QED) is 0.817. The van der Waals surface area contributed by atoms with Crippen LogP contribution in [0, 0.1) is 0 Å². The number of hydrogen-bond donors (Lipinski definition) is 1. The first-order valence-corrected chi connectivity index (χ1v) is 7.78. The molecule has 1 unspecified atom stereocenters. The van der Waals surface area contributed by atoms with Crippen molar-refractivity contribution in [2.45, 2.75) is 58.5 Å². The van der Waals surface area contributed by atoms with Crippen molar-refractivity contribution < 1.29 is 0 Å². The molecule has 114 valence electrons. The van der Waals surface area contributed by atoms with Crippen LogP contribution in [0.1, 0.15) is 51.7 Å². The average molecular weight is 276 g/mol. The lowest BCUT2D eigenvalue weighted by molar-refractivity contribution is 0.138. The minimum absolute atomic E-state index is 0.132. The van der Waals surface area contributed by atoms with Gasteiger partial charge in [-0.25, -0.2) is 0 Å². The summed E-state index contributed by atoms with van der Waals surface area (Å²) < 4.78 is 0. The predicted molar refractivity (Wildman–Crippen MR) is 89.5 cm³/mol. The molecule has 0 aliphatic rings. The summed E-state index contributed by atoms with van der Waals surface area (Å²) in [5.41, 5.74) is 2.96. The Morgan fingerprint density at radius 3 is 2.05 bits per heavy atom. The molecule has 1 aromatic carbocycles. The third kappa shape index (κ3) is 4.32. The zero-order valence-electron chi connectivity index (χ0n) is 14.3. The summed E-state index contributed by atoms with van der Waals surface area (Å²) in [6.45, 7) is 12.3. The van der Waals surface area contributed by atoms with E-state index in [1.807, 2.05) is 0 Å². The molecule has 0 radical (unpaired) electrons. The van der Waals surface area contributed by atoms with Crippen molar-refractivity contribution in [3.8, 4) is 0 Å². The first-order chi connectivity index (χ1) is 9.28. The van der Waals surface area contributed by atoms with Gasteiger partial charge in [0.25, 0.3) is 0 Å². The highest BCUT2D eigenvalue weighted by atomic mass is 15.2. The van der Waals surface area contributed by atoms with Crippen LogP contribution >= 0.6 is 0 Å². The van der Waals surface area contributed by atoms with Crippen LogP contribution in [0.4, 0.5) is 0 Å². The summed E-state index contributed by atoms with van der Waals surface area (Å²) in [6.07, 6.45) is 1.07. The summed E-state index contributed by atoms with van der Waals surface area (Å²) in [5, 5.41) is 3.65. The van der Waals surface area contributed by atoms with Gasteiger partial charge in [-0.05, 0) is 58.0 Å². The van der Waals surface area contributed by atoms with Gasteiger partial charge in [0.1, 0.15) is 0 Å². The molecular formula is C18H32N2. The Hall–Kier alpha value is -0.860. The van der Waals surface area contributed by atoms with Crippen LogP contribution in [-0.4, -0.2) is 37.1 Å². The molecule has 1 N–H and O–H groups in total. The lowest BCUT2D eigenvalue weighted by atomic mass is 9.87. The Labute approximate surface area is 125 Å². The second-order valence-corrected chi connectivity index (χ2v) is 6.76. The molecule has 0 fully saturated rings. The topological polar surface area (TPSA) is 15.3 Å². The molecule has 20 heavy (non-hydrogen) atoms. The van der Waals surface area contributed by atoms with E-state index in [2.05, 4.69) is 83.2 Å². The first kappa shape index (κ1) is 17.2. The maximum atomic E-state index is 3.65. The summed E-state index contributed by atoms with van der Waals surface area (Å²) in [7, 11) is 4.32. The molecule has 0 saturated carbocycles. The molecule has 2 nitrogen and oxygen atoms in total. The molecule has 1 aromatic rings. The Morgan fingerprint density at radius 1 is 1.10 bits per heavy atom. The lowest BCUT2D eigenvalue weighted by Gasteiger charge is -2.41. The SMILES string of the molecule is CCNC(Cc1ccc(C(C)C)cc1)C(C)(C)N(C)C. The zero-order chi connectivity index (χ0) is 15.3. The second-order valence-electron chi connectivity index (χ2n) is 6.76. The number of rotatable bonds is 7. The Balaban J connectivity index is 2.85. The monoisotopic (exact) mass is 276 g/mol. The van der Waals surface area contributed by atoms with E-state index >= 15 is 0 Å². The Kier molecular flexibility index (Phi) is 6.22. The van der Waals surface area contributed by atoms with E-state index in [1.54, 1.807) is 0 Å². The molecule has 0 spiro atoms. The third-order valence-corrected chi connectivity index (χ3v) is 4.54. The zero-order valence-corrected chi connectivity index (χ0v) is 14.3. The van der Waals surface area contributed by atoms with Gasteiger partial charge in [0.15, 0.2) is 0 Å². The van der Waals surface area contributed by atoms with E-state index in [-0.39, 0.29) is 5.54 Å². The average Bonchev–Trinajstić information content (AvgIpc) is 2.38. The van der Waals surface area contributed by atoms with Crippen molar-refractivity contribution in [1.29, 1.82) is 0 Å². The third-order valence-electron chi connectivity index (χ3n) is 4.54. The normalized spacial score (nSPS) is 14.1. The molecule has 1 atom stereocenters. The van der Waals surface area contributed by atoms with Crippen LogP contribution in [0.3, 0.4) is 0 Å². The largest absolute Gasteiger partial charge is 0.312 e. The van der Waals surface area contributed by atoms with Gasteiger partial charge >= 0.3 is 0 Å². The second kappa shape index (κ2) is 7.24. The Morgan fingerprint density at radius 2 is 1.65 bits per heavy atom. The van der Waals surface area contributed by atoms with Crippen LogP contribution in [0.15, 0.2) is 24.3 Å². The standard InChI is InChI=1S/C18H32N2/c1-8-19-17(18(4,5)20(6)7)13-15-9-11-16(12-10-15)14(2)3/h9-12,14,17,19H,8,13H2,1-7H3. The van der Waals surface area contributed by atoms with E-state index in [4.69, 9.17) is 0 Å². The number of hydrogen-bond acceptors (Lipinski definition) is 2. The van der Waals surface area contributed by atoms with Gasteiger partial charge < -0.3 is 10.2 Å². The van der Waals surface area contributed by atoms with Crippen molar-refractivity contribution in [2.75, 3.05) is 20.6 Å². The van der Waals surface area contributed by atoms with E-state index < -0.39 is 0 Å². The highest BCUT2D eigenvalue weighted by molar-refractivity contribution is 5.25. The molecule has 0 saturated heterocycles. The van der Waals surface area contributed by atoms with E-state index in [9.17, 15) is 0 Å². The summed E-state index contributed by atoms with van der Waals surface area (Å²) in [5.74, 6) is 0.604. The van der Waals surface area contributed by atoms with Crippen molar-refractivity contribution >= 4 is 0 Å². The fourth-order valence-electron chi connectivity index (χ4n) is 2.40. The van der Waals surface area contributed by atoms with Crippen LogP contribution in [0.5, 0.6) is 0 Å². The summed E-state index contributed by atoms with van der Waals surface area (Å²) in [4.78, 5) is 2.31. The highest BCUT2D eigenvalue weighted by Crippen LogP contribution is 2.21. The summed E-state index contributed by atoms with van der Waals surface area (Å²) in [6, 6.07) is 9.56.